The van der Waals surface area contributed by atoms with Crippen LogP contribution in [0.2, 0.25) is 0 Å². The van der Waals surface area contributed by atoms with Crippen LogP contribution in [0.3, 0.4) is 0 Å². The Morgan fingerprint density at radius 3 is 2.62 bits per heavy atom. The molecule has 4 N–H and O–H groups in total. The summed E-state index contributed by atoms with van der Waals surface area (Å²) in [6.45, 7) is 0. The van der Waals surface area contributed by atoms with Crippen LogP contribution in [0, 0.1) is 0 Å². The van der Waals surface area contributed by atoms with Crippen molar-refractivity contribution in [1.29, 1.82) is 0 Å². The number of amides is 1. The topological polar surface area (TPSA) is 96.7 Å². The Kier molecular flexibility index (Phi) is 2.86. The van der Waals surface area contributed by atoms with E-state index in [0.29, 0.717) is 5.69 Å². The molecule has 1 amide bonds. The van der Waals surface area contributed by atoms with E-state index in [1.807, 2.05) is 12.1 Å². The fourth-order valence-electron chi connectivity index (χ4n) is 1.10. The van der Waals surface area contributed by atoms with Crippen molar-refractivity contribution in [2.24, 2.45) is 0 Å². The molecule has 0 radical (unpaired) electrons. The van der Waals surface area contributed by atoms with Crippen molar-refractivity contribution in [2.45, 2.75) is 0 Å². The van der Waals surface area contributed by atoms with E-state index in [4.69, 9.17) is 5.73 Å². The summed E-state index contributed by atoms with van der Waals surface area (Å²) in [6, 6.07) is 7.18. The quantitative estimate of drug-likeness (QED) is 0.775. The molecule has 1 heterocycles. The van der Waals surface area contributed by atoms with Crippen LogP contribution in [0.1, 0.15) is 10.6 Å². The Labute approximate surface area is 99.4 Å². The van der Waals surface area contributed by atoms with E-state index < -0.39 is 0 Å². The molecular weight excluding hydrogens is 274 g/mol. The molecule has 1 aromatic carbocycles. The minimum Gasteiger partial charge on any atom is -0.366 e. The smallest absolute Gasteiger partial charge is 0.293 e. The van der Waals surface area contributed by atoms with Gasteiger partial charge in [-0.15, -0.1) is 5.10 Å². The summed E-state index contributed by atoms with van der Waals surface area (Å²) >= 11 is 3.30. The van der Waals surface area contributed by atoms with E-state index in [9.17, 15) is 4.79 Å². The van der Waals surface area contributed by atoms with Gasteiger partial charge in [0, 0.05) is 10.2 Å². The monoisotopic (exact) mass is 281 g/mol. The van der Waals surface area contributed by atoms with Crippen molar-refractivity contribution in [1.82, 2.24) is 15.2 Å². The normalized spacial score (nSPS) is 10.1. The Bertz CT molecular complexity index is 507. The van der Waals surface area contributed by atoms with Crippen LogP contribution in [0.4, 0.5) is 11.6 Å². The highest BCUT2D eigenvalue weighted by Crippen LogP contribution is 2.14. The fraction of sp³-hybridized carbons (Fsp3) is 0. The van der Waals surface area contributed by atoms with Crippen LogP contribution in [0.5, 0.6) is 0 Å². The second-order valence-electron chi connectivity index (χ2n) is 3.00. The number of aromatic nitrogens is 3. The van der Waals surface area contributed by atoms with Crippen molar-refractivity contribution in [3.8, 4) is 0 Å². The zero-order valence-electron chi connectivity index (χ0n) is 8.07. The third kappa shape index (κ3) is 2.37. The van der Waals surface area contributed by atoms with E-state index in [-0.39, 0.29) is 17.7 Å². The second-order valence-corrected chi connectivity index (χ2v) is 3.92. The molecule has 16 heavy (non-hydrogen) atoms. The molecule has 0 spiro atoms. The number of hydrogen-bond donors (Lipinski definition) is 3. The van der Waals surface area contributed by atoms with Gasteiger partial charge in [0.1, 0.15) is 0 Å². The summed E-state index contributed by atoms with van der Waals surface area (Å²) < 4.78 is 0.939. The number of nitrogens with one attached hydrogen (secondary N) is 2. The summed E-state index contributed by atoms with van der Waals surface area (Å²) in [4.78, 5) is 15.3. The zero-order chi connectivity index (χ0) is 11.5. The first-order valence-corrected chi connectivity index (χ1v) is 5.19. The third-order valence-corrected chi connectivity index (χ3v) is 2.35. The first kappa shape index (κ1) is 10.6. The Hall–Kier alpha value is -1.89. The molecule has 0 fully saturated rings. The number of nitrogen functional groups attached to an aromatic ring is 1. The number of aromatic amines is 1. The lowest BCUT2D eigenvalue weighted by molar-refractivity contribution is 0.101. The minimum atomic E-state index is -0.383. The lowest BCUT2D eigenvalue weighted by Gasteiger charge is -2.02. The SMILES string of the molecule is Nc1n[nH]c(C(=O)Nc2ccc(Br)cc2)n1. The molecule has 1 aromatic heterocycles. The molecule has 0 unspecified atom stereocenters. The molecule has 0 aliphatic carbocycles. The van der Waals surface area contributed by atoms with Gasteiger partial charge in [-0.1, -0.05) is 15.9 Å². The van der Waals surface area contributed by atoms with Crippen LogP contribution in [0.25, 0.3) is 0 Å². The first-order chi connectivity index (χ1) is 7.65. The van der Waals surface area contributed by atoms with Crippen LogP contribution in [0.15, 0.2) is 28.7 Å². The van der Waals surface area contributed by atoms with E-state index in [0.717, 1.165) is 4.47 Å². The van der Waals surface area contributed by atoms with E-state index in [1.165, 1.54) is 0 Å². The average molecular weight is 282 g/mol. The number of halogens is 1. The molecule has 0 saturated carbocycles. The summed E-state index contributed by atoms with van der Waals surface area (Å²) in [5.41, 5.74) is 5.96. The highest BCUT2D eigenvalue weighted by Gasteiger charge is 2.10. The Morgan fingerprint density at radius 1 is 1.38 bits per heavy atom. The van der Waals surface area contributed by atoms with Gasteiger partial charge in [0.2, 0.25) is 11.8 Å². The van der Waals surface area contributed by atoms with Crippen molar-refractivity contribution < 1.29 is 4.79 Å². The molecule has 0 aliphatic heterocycles. The number of nitrogens with two attached hydrogens (primary N) is 1. The molecule has 2 aromatic rings. The van der Waals surface area contributed by atoms with Gasteiger partial charge in [0.05, 0.1) is 0 Å². The van der Waals surface area contributed by atoms with Gasteiger partial charge in [0.15, 0.2) is 0 Å². The molecular formula is C9H8BrN5O. The van der Waals surface area contributed by atoms with Crippen LogP contribution in [-0.4, -0.2) is 21.1 Å². The van der Waals surface area contributed by atoms with E-state index >= 15 is 0 Å². The molecule has 0 saturated heterocycles. The largest absolute Gasteiger partial charge is 0.366 e. The third-order valence-electron chi connectivity index (χ3n) is 1.82. The lowest BCUT2D eigenvalue weighted by atomic mass is 10.3. The highest BCUT2D eigenvalue weighted by molar-refractivity contribution is 9.10. The minimum absolute atomic E-state index is 0.0426. The summed E-state index contributed by atoms with van der Waals surface area (Å²) in [7, 11) is 0. The van der Waals surface area contributed by atoms with E-state index in [1.54, 1.807) is 12.1 Å². The summed E-state index contributed by atoms with van der Waals surface area (Å²) in [6.07, 6.45) is 0. The molecule has 82 valence electrons. The standard InChI is InChI=1S/C9H8BrN5O/c10-5-1-3-6(4-2-5)12-8(16)7-13-9(11)15-14-7/h1-4H,(H,12,16)(H3,11,13,14,15). The van der Waals surface area contributed by atoms with Crippen LogP contribution >= 0.6 is 15.9 Å². The number of rotatable bonds is 2. The maximum absolute atomic E-state index is 11.6. The van der Waals surface area contributed by atoms with Gasteiger partial charge in [0.25, 0.3) is 5.91 Å². The Balaban J connectivity index is 2.10. The first-order valence-electron chi connectivity index (χ1n) is 4.40. The molecule has 6 nitrogen and oxygen atoms in total. The number of H-pyrrole nitrogens is 1. The predicted octanol–water partition coefficient (Wildman–Crippen LogP) is 1.40. The van der Waals surface area contributed by atoms with Gasteiger partial charge in [-0.2, -0.15) is 4.98 Å². The van der Waals surface area contributed by atoms with Crippen molar-refractivity contribution in [2.75, 3.05) is 11.1 Å². The van der Waals surface area contributed by atoms with Gasteiger partial charge in [-0.3, -0.25) is 9.89 Å². The van der Waals surface area contributed by atoms with Gasteiger partial charge in [-0.05, 0) is 24.3 Å². The maximum atomic E-state index is 11.6. The summed E-state index contributed by atoms with van der Waals surface area (Å²) in [5, 5.41) is 8.65. The number of hydrogen-bond acceptors (Lipinski definition) is 4. The van der Waals surface area contributed by atoms with Crippen molar-refractivity contribution in [3.63, 3.8) is 0 Å². The van der Waals surface area contributed by atoms with Gasteiger partial charge in [-0.25, -0.2) is 0 Å². The highest BCUT2D eigenvalue weighted by atomic mass is 79.9. The zero-order valence-corrected chi connectivity index (χ0v) is 9.65. The van der Waals surface area contributed by atoms with Gasteiger partial charge >= 0.3 is 0 Å². The molecule has 0 aliphatic rings. The van der Waals surface area contributed by atoms with Crippen molar-refractivity contribution >= 4 is 33.5 Å². The fourth-order valence-corrected chi connectivity index (χ4v) is 1.36. The van der Waals surface area contributed by atoms with Crippen LogP contribution < -0.4 is 11.1 Å². The number of nitrogens with zero attached hydrogens (tertiary/aromatic N) is 2. The van der Waals surface area contributed by atoms with E-state index in [2.05, 4.69) is 36.4 Å². The Morgan fingerprint density at radius 2 is 2.06 bits per heavy atom. The molecule has 7 heteroatoms. The number of carbonyl (C=O) groups excluding carboxylic acids is 1. The number of carbonyl (C=O) groups is 1. The lowest BCUT2D eigenvalue weighted by Crippen LogP contribution is -2.13. The average Bonchev–Trinajstić information content (AvgIpc) is 2.68. The predicted molar refractivity (Wildman–Crippen MR) is 62.9 cm³/mol. The second kappa shape index (κ2) is 4.31. The maximum Gasteiger partial charge on any atom is 0.293 e. The van der Waals surface area contributed by atoms with Crippen LogP contribution in [-0.2, 0) is 0 Å². The molecule has 0 atom stereocenters. The summed E-state index contributed by atoms with van der Waals surface area (Å²) in [5.74, 6) is -0.257. The number of benzene rings is 1. The number of anilines is 2. The molecule has 2 rings (SSSR count). The van der Waals surface area contributed by atoms with Gasteiger partial charge < -0.3 is 11.1 Å². The van der Waals surface area contributed by atoms with Crippen molar-refractivity contribution in [3.05, 3.63) is 34.6 Å². The molecule has 0 bridgehead atoms.